The minimum atomic E-state index is 0.193. The molecule has 0 saturated heterocycles. The van der Waals surface area contributed by atoms with Crippen LogP contribution in [0, 0.1) is 13.8 Å². The van der Waals surface area contributed by atoms with Gasteiger partial charge in [-0.2, -0.15) is 5.10 Å². The van der Waals surface area contributed by atoms with Crippen LogP contribution in [0.5, 0.6) is 5.75 Å². The van der Waals surface area contributed by atoms with Crippen molar-refractivity contribution < 1.29 is 5.11 Å². The van der Waals surface area contributed by atoms with Gasteiger partial charge in [0.15, 0.2) is 0 Å². The van der Waals surface area contributed by atoms with Crippen molar-refractivity contribution in [1.82, 2.24) is 9.66 Å². The first-order valence-corrected chi connectivity index (χ1v) is 7.31. The van der Waals surface area contributed by atoms with E-state index in [0.717, 1.165) is 15.5 Å². The zero-order chi connectivity index (χ0) is 15.0. The Morgan fingerprint density at radius 2 is 1.95 bits per heavy atom. The smallest absolute Gasteiger partial charge is 0.124 e. The SMILES string of the molecule is Cc1cc2ncn(/N=C/c3cc(Br)ccc3O)c2cc1C. The Hall–Kier alpha value is -2.14. The number of nitrogens with zero attached hydrogens (tertiary/aromatic N) is 3. The van der Waals surface area contributed by atoms with Crippen molar-refractivity contribution in [2.75, 3.05) is 0 Å². The van der Waals surface area contributed by atoms with E-state index in [1.165, 1.54) is 11.1 Å². The van der Waals surface area contributed by atoms with Crippen molar-refractivity contribution in [3.05, 3.63) is 57.8 Å². The maximum absolute atomic E-state index is 9.82. The summed E-state index contributed by atoms with van der Waals surface area (Å²) in [5, 5.41) is 14.2. The average Bonchev–Trinajstić information content (AvgIpc) is 2.83. The van der Waals surface area contributed by atoms with Crippen molar-refractivity contribution in [3.8, 4) is 5.75 Å². The Labute approximate surface area is 130 Å². The number of aryl methyl sites for hydroxylation is 2. The van der Waals surface area contributed by atoms with Gasteiger partial charge in [0.05, 0.1) is 17.2 Å². The molecule has 0 atom stereocenters. The van der Waals surface area contributed by atoms with E-state index in [0.29, 0.717) is 5.56 Å². The van der Waals surface area contributed by atoms with E-state index >= 15 is 0 Å². The number of fused-ring (bicyclic) bond motifs is 1. The molecule has 0 saturated carbocycles. The van der Waals surface area contributed by atoms with Crippen LogP contribution in [0.4, 0.5) is 0 Å². The predicted octanol–water partition coefficient (Wildman–Crippen LogP) is 4.00. The van der Waals surface area contributed by atoms with Crippen LogP contribution < -0.4 is 0 Å². The highest BCUT2D eigenvalue weighted by atomic mass is 79.9. The number of hydrogen-bond donors (Lipinski definition) is 1. The molecule has 0 aliphatic rings. The molecule has 1 N–H and O–H groups in total. The molecule has 0 radical (unpaired) electrons. The van der Waals surface area contributed by atoms with E-state index in [9.17, 15) is 5.11 Å². The predicted molar refractivity (Wildman–Crippen MR) is 88.0 cm³/mol. The van der Waals surface area contributed by atoms with Crippen molar-refractivity contribution in [3.63, 3.8) is 0 Å². The topological polar surface area (TPSA) is 50.4 Å². The first-order valence-electron chi connectivity index (χ1n) is 6.52. The molecule has 21 heavy (non-hydrogen) atoms. The Bertz CT molecular complexity index is 852. The third-order valence-electron chi connectivity index (χ3n) is 3.45. The van der Waals surface area contributed by atoms with Gasteiger partial charge in [0, 0.05) is 10.0 Å². The zero-order valence-corrected chi connectivity index (χ0v) is 13.3. The lowest BCUT2D eigenvalue weighted by atomic mass is 10.1. The molecule has 0 aliphatic heterocycles. The van der Waals surface area contributed by atoms with E-state index in [4.69, 9.17) is 0 Å². The molecule has 5 heteroatoms. The van der Waals surface area contributed by atoms with Gasteiger partial charge in [-0.3, -0.25) is 0 Å². The maximum Gasteiger partial charge on any atom is 0.124 e. The molecule has 1 heterocycles. The second kappa shape index (κ2) is 5.33. The van der Waals surface area contributed by atoms with Gasteiger partial charge in [-0.1, -0.05) is 15.9 Å². The fraction of sp³-hybridized carbons (Fsp3) is 0.125. The third-order valence-corrected chi connectivity index (χ3v) is 3.95. The van der Waals surface area contributed by atoms with Crippen LogP contribution in [0.2, 0.25) is 0 Å². The summed E-state index contributed by atoms with van der Waals surface area (Å²) in [7, 11) is 0. The van der Waals surface area contributed by atoms with Gasteiger partial charge in [-0.15, -0.1) is 0 Å². The lowest BCUT2D eigenvalue weighted by Gasteiger charge is -2.02. The van der Waals surface area contributed by atoms with Gasteiger partial charge >= 0.3 is 0 Å². The van der Waals surface area contributed by atoms with Crippen molar-refractivity contribution in [1.29, 1.82) is 0 Å². The first-order chi connectivity index (χ1) is 10.0. The number of benzene rings is 2. The van der Waals surface area contributed by atoms with Crippen molar-refractivity contribution in [2.24, 2.45) is 5.10 Å². The number of aromatic nitrogens is 2. The fourth-order valence-corrected chi connectivity index (χ4v) is 2.48. The van der Waals surface area contributed by atoms with Crippen LogP contribution in [0.1, 0.15) is 16.7 Å². The highest BCUT2D eigenvalue weighted by molar-refractivity contribution is 9.10. The molecule has 0 fully saturated rings. The minimum absolute atomic E-state index is 0.193. The van der Waals surface area contributed by atoms with Crippen LogP contribution >= 0.6 is 15.9 Å². The minimum Gasteiger partial charge on any atom is -0.507 e. The van der Waals surface area contributed by atoms with Gasteiger partial charge < -0.3 is 5.11 Å². The summed E-state index contributed by atoms with van der Waals surface area (Å²) >= 11 is 3.38. The lowest BCUT2D eigenvalue weighted by molar-refractivity contribution is 0.474. The summed E-state index contributed by atoms with van der Waals surface area (Å²) in [5.74, 6) is 0.193. The number of rotatable bonds is 2. The molecule has 1 aromatic heterocycles. The number of imidazole rings is 1. The summed E-state index contributed by atoms with van der Waals surface area (Å²) in [6.45, 7) is 4.13. The van der Waals surface area contributed by atoms with E-state index in [-0.39, 0.29) is 5.75 Å². The van der Waals surface area contributed by atoms with Crippen LogP contribution in [-0.4, -0.2) is 21.0 Å². The molecule has 4 nitrogen and oxygen atoms in total. The molecular formula is C16H14BrN3O. The number of hydrogen-bond acceptors (Lipinski definition) is 3. The first kappa shape index (κ1) is 13.8. The Balaban J connectivity index is 2.03. The Kier molecular flexibility index (Phi) is 3.51. The summed E-state index contributed by atoms with van der Waals surface area (Å²) in [4.78, 5) is 4.35. The molecular weight excluding hydrogens is 330 g/mol. The molecule has 3 aromatic rings. The number of phenols is 1. The second-order valence-electron chi connectivity index (χ2n) is 4.96. The van der Waals surface area contributed by atoms with E-state index in [2.05, 4.69) is 45.9 Å². The average molecular weight is 344 g/mol. The second-order valence-corrected chi connectivity index (χ2v) is 5.88. The van der Waals surface area contributed by atoms with E-state index in [1.807, 2.05) is 12.1 Å². The van der Waals surface area contributed by atoms with Gasteiger partial charge in [-0.05, 0) is 55.3 Å². The number of halogens is 1. The van der Waals surface area contributed by atoms with Crippen LogP contribution in [-0.2, 0) is 0 Å². The quantitative estimate of drug-likeness (QED) is 0.715. The van der Waals surface area contributed by atoms with Crippen molar-refractivity contribution in [2.45, 2.75) is 13.8 Å². The van der Waals surface area contributed by atoms with Gasteiger partial charge in [0.25, 0.3) is 0 Å². The highest BCUT2D eigenvalue weighted by Crippen LogP contribution is 2.21. The number of phenolic OH excluding ortho intramolecular Hbond substituents is 1. The zero-order valence-electron chi connectivity index (χ0n) is 11.7. The highest BCUT2D eigenvalue weighted by Gasteiger charge is 2.04. The molecule has 2 aromatic carbocycles. The summed E-state index contributed by atoms with van der Waals surface area (Å²) in [6, 6.07) is 9.34. The number of aromatic hydroxyl groups is 1. The fourth-order valence-electron chi connectivity index (χ4n) is 2.10. The molecule has 0 amide bonds. The molecule has 0 unspecified atom stereocenters. The lowest BCUT2D eigenvalue weighted by Crippen LogP contribution is -1.91. The summed E-state index contributed by atoms with van der Waals surface area (Å²) in [6.07, 6.45) is 3.30. The van der Waals surface area contributed by atoms with Gasteiger partial charge in [0.1, 0.15) is 12.1 Å². The maximum atomic E-state index is 9.82. The molecule has 106 valence electrons. The molecule has 0 spiro atoms. The molecule has 0 bridgehead atoms. The molecule has 0 aliphatic carbocycles. The van der Waals surface area contributed by atoms with Crippen LogP contribution in [0.15, 0.2) is 46.2 Å². The summed E-state index contributed by atoms with van der Waals surface area (Å²) < 4.78 is 2.60. The summed E-state index contributed by atoms with van der Waals surface area (Å²) in [5.41, 5.74) is 4.92. The monoisotopic (exact) mass is 343 g/mol. The van der Waals surface area contributed by atoms with Crippen LogP contribution in [0.25, 0.3) is 11.0 Å². The van der Waals surface area contributed by atoms with E-state index < -0.39 is 0 Å². The molecule has 3 rings (SSSR count). The largest absolute Gasteiger partial charge is 0.507 e. The van der Waals surface area contributed by atoms with Gasteiger partial charge in [-0.25, -0.2) is 9.66 Å². The standard InChI is InChI=1S/C16H14BrN3O/c1-10-5-14-15(6-11(10)2)20(9-18-14)19-8-12-7-13(17)3-4-16(12)21/h3-9,21H,1-2H3/b19-8+. The Morgan fingerprint density at radius 1 is 1.19 bits per heavy atom. The van der Waals surface area contributed by atoms with Crippen LogP contribution in [0.3, 0.4) is 0 Å². The third kappa shape index (κ3) is 2.69. The normalized spacial score (nSPS) is 11.6. The van der Waals surface area contributed by atoms with Crippen molar-refractivity contribution >= 4 is 33.2 Å². The Morgan fingerprint density at radius 3 is 2.76 bits per heavy atom. The van der Waals surface area contributed by atoms with E-state index in [1.54, 1.807) is 29.4 Å². The van der Waals surface area contributed by atoms with Gasteiger partial charge in [0.2, 0.25) is 0 Å².